The van der Waals surface area contributed by atoms with Crippen molar-refractivity contribution in [2.24, 2.45) is 10.3 Å². The van der Waals surface area contributed by atoms with E-state index in [1.54, 1.807) is 0 Å². The monoisotopic (exact) mass is 282 g/mol. The van der Waals surface area contributed by atoms with E-state index in [0.717, 1.165) is 23.7 Å². The van der Waals surface area contributed by atoms with Crippen LogP contribution in [0.15, 0.2) is 34.6 Å². The largest absolute Gasteiger partial charge is 0.382 e. The second-order valence-corrected chi connectivity index (χ2v) is 5.46. The van der Waals surface area contributed by atoms with Crippen LogP contribution in [-0.4, -0.2) is 30.7 Å². The van der Waals surface area contributed by atoms with Crippen molar-refractivity contribution in [1.29, 1.82) is 0 Å². The minimum atomic E-state index is 0.240. The van der Waals surface area contributed by atoms with E-state index in [2.05, 4.69) is 22.6 Å². The van der Waals surface area contributed by atoms with Crippen LogP contribution in [0.4, 0.5) is 5.69 Å². The van der Waals surface area contributed by atoms with Gasteiger partial charge in [0.2, 0.25) is 0 Å². The minimum Gasteiger partial charge on any atom is -0.382 e. The number of halogens is 1. The number of hydrogen-bond acceptors (Lipinski definition) is 3. The highest BCUT2D eigenvalue weighted by molar-refractivity contribution is 6.30. The Morgan fingerprint density at radius 2 is 2.05 bits per heavy atom. The highest BCUT2D eigenvalue weighted by Gasteiger charge is 2.04. The molecule has 0 spiro atoms. The Morgan fingerprint density at radius 3 is 2.68 bits per heavy atom. The predicted molar refractivity (Wildman–Crippen MR) is 81.8 cm³/mol. The summed E-state index contributed by atoms with van der Waals surface area (Å²) in [5.41, 5.74) is 1.05. The number of nitrogens with zero attached hydrogens (tertiary/aromatic N) is 3. The topological polar surface area (TPSA) is 40.0 Å². The van der Waals surface area contributed by atoms with Crippen LogP contribution in [0.3, 0.4) is 0 Å². The molecule has 4 nitrogen and oxygen atoms in total. The van der Waals surface area contributed by atoms with Crippen LogP contribution in [0.25, 0.3) is 0 Å². The van der Waals surface area contributed by atoms with Gasteiger partial charge in [-0.05, 0) is 45.4 Å². The molecule has 0 aromatic heterocycles. The second-order valence-electron chi connectivity index (χ2n) is 5.02. The molecule has 0 aliphatic heterocycles. The molecule has 0 amide bonds. The Hall–Kier alpha value is -1.29. The molecule has 0 saturated heterocycles. The molecule has 5 heteroatoms. The number of nitrogens with one attached hydrogen (secondary N) is 1. The average Bonchev–Trinajstić information content (AvgIpc) is 2.34. The Kier molecular flexibility index (Phi) is 6.64. The molecule has 1 rings (SSSR count). The van der Waals surface area contributed by atoms with Crippen molar-refractivity contribution in [3.05, 3.63) is 29.3 Å². The van der Waals surface area contributed by atoms with Gasteiger partial charge in [0.05, 0.1) is 6.04 Å². The third-order valence-corrected chi connectivity index (χ3v) is 2.79. The smallest absolute Gasteiger partial charge is 0.0673 e. The highest BCUT2D eigenvalue weighted by Crippen LogP contribution is 2.16. The second kappa shape index (κ2) is 8.00. The molecular weight excluding hydrogens is 260 g/mol. The van der Waals surface area contributed by atoms with Gasteiger partial charge in [0.1, 0.15) is 0 Å². The summed E-state index contributed by atoms with van der Waals surface area (Å²) in [5, 5.41) is 14.3. The van der Waals surface area contributed by atoms with Crippen molar-refractivity contribution >= 4 is 17.3 Å². The van der Waals surface area contributed by atoms with Crippen LogP contribution >= 0.6 is 11.6 Å². The van der Waals surface area contributed by atoms with E-state index in [0.29, 0.717) is 6.04 Å². The molecule has 1 aromatic carbocycles. The molecule has 0 radical (unpaired) electrons. The Labute approximate surface area is 120 Å². The van der Waals surface area contributed by atoms with Crippen LogP contribution in [0.2, 0.25) is 5.02 Å². The molecule has 0 aliphatic carbocycles. The molecule has 1 N–H and O–H groups in total. The molecular formula is C14H23ClN4. The van der Waals surface area contributed by atoms with Crippen LogP contribution in [0, 0.1) is 0 Å². The first kappa shape index (κ1) is 15.8. The van der Waals surface area contributed by atoms with E-state index in [1.807, 2.05) is 50.2 Å². The van der Waals surface area contributed by atoms with Crippen molar-refractivity contribution in [2.45, 2.75) is 39.3 Å². The van der Waals surface area contributed by atoms with Gasteiger partial charge in [-0.3, -0.25) is 5.01 Å². The van der Waals surface area contributed by atoms with Gasteiger partial charge in [0, 0.05) is 30.3 Å². The van der Waals surface area contributed by atoms with Crippen molar-refractivity contribution in [3.63, 3.8) is 0 Å². The van der Waals surface area contributed by atoms with Crippen LogP contribution in [0.5, 0.6) is 0 Å². The lowest BCUT2D eigenvalue weighted by Gasteiger charge is -2.18. The zero-order chi connectivity index (χ0) is 14.3. The van der Waals surface area contributed by atoms with Gasteiger partial charge >= 0.3 is 0 Å². The lowest BCUT2D eigenvalue weighted by molar-refractivity contribution is 0.311. The standard InChI is InChI=1S/C14H23ClN4/c1-11(2)17-18-19(4)9-8-12(3)16-14-7-5-6-13(15)10-14/h5-7,10-12,16H,8-9H2,1-4H3. The first-order valence-corrected chi connectivity index (χ1v) is 6.99. The minimum absolute atomic E-state index is 0.240. The van der Waals surface area contributed by atoms with Crippen LogP contribution < -0.4 is 5.32 Å². The normalized spacial score (nSPS) is 12.9. The summed E-state index contributed by atoms with van der Waals surface area (Å²) < 4.78 is 0. The van der Waals surface area contributed by atoms with Gasteiger partial charge in [0.25, 0.3) is 0 Å². The van der Waals surface area contributed by atoms with Gasteiger partial charge in [-0.15, -0.1) is 0 Å². The van der Waals surface area contributed by atoms with E-state index < -0.39 is 0 Å². The summed E-state index contributed by atoms with van der Waals surface area (Å²) in [6, 6.07) is 8.36. The van der Waals surface area contributed by atoms with E-state index in [1.165, 1.54) is 0 Å². The lowest BCUT2D eigenvalue weighted by atomic mass is 10.2. The highest BCUT2D eigenvalue weighted by atomic mass is 35.5. The van der Waals surface area contributed by atoms with E-state index in [4.69, 9.17) is 11.6 Å². The maximum absolute atomic E-state index is 5.95. The molecule has 0 saturated carbocycles. The molecule has 0 bridgehead atoms. The summed E-state index contributed by atoms with van der Waals surface area (Å²) in [6.45, 7) is 7.04. The predicted octanol–water partition coefficient (Wildman–Crippen LogP) is 4.24. The summed E-state index contributed by atoms with van der Waals surface area (Å²) in [7, 11) is 1.94. The summed E-state index contributed by atoms with van der Waals surface area (Å²) in [6.07, 6.45) is 0.986. The SMILES string of the molecule is CC(C)N=NN(C)CCC(C)Nc1cccc(Cl)c1. The molecule has 106 valence electrons. The molecule has 1 atom stereocenters. The summed E-state index contributed by atoms with van der Waals surface area (Å²) >= 11 is 5.95. The van der Waals surface area contributed by atoms with Crippen molar-refractivity contribution in [3.8, 4) is 0 Å². The zero-order valence-electron chi connectivity index (χ0n) is 12.1. The van der Waals surface area contributed by atoms with Gasteiger partial charge < -0.3 is 5.32 Å². The first-order chi connectivity index (χ1) is 8.97. The number of benzene rings is 1. The summed E-state index contributed by atoms with van der Waals surface area (Å²) in [5.74, 6) is 0. The number of hydrogen-bond donors (Lipinski definition) is 1. The number of anilines is 1. The molecule has 1 aromatic rings. The van der Waals surface area contributed by atoms with Crippen molar-refractivity contribution in [2.75, 3.05) is 18.9 Å². The van der Waals surface area contributed by atoms with Gasteiger partial charge in [-0.1, -0.05) is 22.9 Å². The average molecular weight is 283 g/mol. The molecule has 0 heterocycles. The van der Waals surface area contributed by atoms with Crippen LogP contribution in [0.1, 0.15) is 27.2 Å². The van der Waals surface area contributed by atoms with Gasteiger partial charge in [0.15, 0.2) is 0 Å². The maximum Gasteiger partial charge on any atom is 0.0673 e. The third kappa shape index (κ3) is 7.01. The van der Waals surface area contributed by atoms with Gasteiger partial charge in [-0.2, -0.15) is 5.11 Å². The van der Waals surface area contributed by atoms with Crippen molar-refractivity contribution in [1.82, 2.24) is 5.01 Å². The lowest BCUT2D eigenvalue weighted by Crippen LogP contribution is -2.22. The Balaban J connectivity index is 2.33. The summed E-state index contributed by atoms with van der Waals surface area (Å²) in [4.78, 5) is 0. The van der Waals surface area contributed by atoms with E-state index >= 15 is 0 Å². The zero-order valence-corrected chi connectivity index (χ0v) is 12.9. The van der Waals surface area contributed by atoms with Gasteiger partial charge in [-0.25, -0.2) is 0 Å². The number of rotatable bonds is 7. The van der Waals surface area contributed by atoms with E-state index in [-0.39, 0.29) is 6.04 Å². The molecule has 1 unspecified atom stereocenters. The maximum atomic E-state index is 5.95. The van der Waals surface area contributed by atoms with Crippen LogP contribution in [-0.2, 0) is 0 Å². The van der Waals surface area contributed by atoms with Crippen molar-refractivity contribution < 1.29 is 0 Å². The fourth-order valence-corrected chi connectivity index (χ4v) is 1.74. The molecule has 19 heavy (non-hydrogen) atoms. The quantitative estimate of drug-likeness (QED) is 0.600. The van der Waals surface area contributed by atoms with E-state index in [9.17, 15) is 0 Å². The Bertz CT molecular complexity index is 406. The fraction of sp³-hybridized carbons (Fsp3) is 0.571. The molecule has 0 aliphatic rings. The Morgan fingerprint density at radius 1 is 1.32 bits per heavy atom. The molecule has 0 fully saturated rings. The fourth-order valence-electron chi connectivity index (χ4n) is 1.55. The third-order valence-electron chi connectivity index (χ3n) is 2.56. The first-order valence-electron chi connectivity index (χ1n) is 6.61.